The van der Waals surface area contributed by atoms with Gasteiger partial charge in [0.05, 0.1) is 10.7 Å². The quantitative estimate of drug-likeness (QED) is 0.715. The molecule has 2 aliphatic heterocycles. The molecule has 0 aromatic heterocycles. The van der Waals surface area contributed by atoms with Crippen LogP contribution in [0.3, 0.4) is 0 Å². The molecule has 1 saturated heterocycles. The van der Waals surface area contributed by atoms with Crippen LogP contribution in [0, 0.1) is 5.82 Å². The normalized spacial score (nSPS) is 20.0. The summed E-state index contributed by atoms with van der Waals surface area (Å²) in [4.78, 5) is 39.0. The van der Waals surface area contributed by atoms with Gasteiger partial charge < -0.3 is 5.32 Å². The number of nitrogens with zero attached hydrogens (tertiary/aromatic N) is 4. The molecule has 0 spiro atoms. The fraction of sp³-hybridized carbons (Fsp3) is 0.286. The highest BCUT2D eigenvalue weighted by atomic mass is 35.5. The summed E-state index contributed by atoms with van der Waals surface area (Å²) in [5.74, 6) is -1.90. The molecule has 0 aliphatic carbocycles. The van der Waals surface area contributed by atoms with Gasteiger partial charge in [-0.1, -0.05) is 42.8 Å². The van der Waals surface area contributed by atoms with Gasteiger partial charge in [-0.15, -0.1) is 0 Å². The van der Waals surface area contributed by atoms with E-state index in [0.29, 0.717) is 11.6 Å². The first-order valence-corrected chi connectivity index (χ1v) is 10.0. The summed E-state index contributed by atoms with van der Waals surface area (Å²) in [6.45, 7) is 3.89. The smallest absolute Gasteiger partial charge is 0.263 e. The Bertz CT molecular complexity index is 1090. The molecule has 4 rings (SSSR count). The first-order valence-electron chi connectivity index (χ1n) is 9.66. The number of amides is 3. The molecule has 8 nitrogen and oxygen atoms in total. The van der Waals surface area contributed by atoms with Crippen LogP contribution in [0.25, 0.3) is 0 Å². The van der Waals surface area contributed by atoms with Crippen molar-refractivity contribution in [3.63, 3.8) is 0 Å². The summed E-state index contributed by atoms with van der Waals surface area (Å²) in [7, 11) is 0. The van der Waals surface area contributed by atoms with E-state index in [9.17, 15) is 18.8 Å². The lowest BCUT2D eigenvalue weighted by molar-refractivity contribution is -0.123. The number of carbonyl (C=O) groups is 3. The Kier molecular flexibility index (Phi) is 5.45. The maximum absolute atomic E-state index is 13.5. The topological polar surface area (TPSA) is 94.4 Å². The Morgan fingerprint density at radius 2 is 1.87 bits per heavy atom. The van der Waals surface area contributed by atoms with Gasteiger partial charge in [0.25, 0.3) is 11.8 Å². The number of hydrogen-bond acceptors (Lipinski definition) is 6. The van der Waals surface area contributed by atoms with Gasteiger partial charge >= 0.3 is 0 Å². The van der Waals surface area contributed by atoms with Crippen LogP contribution in [0.5, 0.6) is 0 Å². The Balaban J connectivity index is 1.46. The second-order valence-corrected chi connectivity index (χ2v) is 8.03. The molecule has 2 atom stereocenters. The first-order chi connectivity index (χ1) is 14.8. The molecule has 0 unspecified atom stereocenters. The molecule has 2 aromatic carbocycles. The fourth-order valence-corrected chi connectivity index (χ4v) is 3.71. The lowest BCUT2D eigenvalue weighted by atomic mass is 10.0. The van der Waals surface area contributed by atoms with Crippen molar-refractivity contribution in [2.24, 2.45) is 10.3 Å². The maximum atomic E-state index is 13.5. The maximum Gasteiger partial charge on any atom is 0.263 e. The number of halogens is 2. The molecule has 0 bridgehead atoms. The monoisotopic (exact) mass is 443 g/mol. The molecule has 160 valence electrons. The number of carbonyl (C=O) groups excluding carboxylic acids is 3. The molecule has 1 N–H and O–H groups in total. The summed E-state index contributed by atoms with van der Waals surface area (Å²) in [5.41, 5.74) is 1.89. The number of rotatable bonds is 5. The van der Waals surface area contributed by atoms with Crippen LogP contribution >= 0.6 is 11.6 Å². The minimum Gasteiger partial charge on any atom is -0.324 e. The van der Waals surface area contributed by atoms with E-state index >= 15 is 0 Å². The van der Waals surface area contributed by atoms with E-state index in [1.807, 2.05) is 12.1 Å². The van der Waals surface area contributed by atoms with Gasteiger partial charge in [-0.2, -0.15) is 5.11 Å². The highest BCUT2D eigenvalue weighted by Crippen LogP contribution is 2.33. The molecule has 2 heterocycles. The zero-order valence-corrected chi connectivity index (χ0v) is 17.5. The molecular formula is C21H19ClFN5O3. The molecule has 3 amide bonds. The highest BCUT2D eigenvalue weighted by Gasteiger charge is 2.55. The second-order valence-electron chi connectivity index (χ2n) is 7.63. The Morgan fingerprint density at radius 1 is 1.16 bits per heavy atom. The van der Waals surface area contributed by atoms with Crippen molar-refractivity contribution in [1.82, 2.24) is 5.01 Å². The Morgan fingerprint density at radius 3 is 2.52 bits per heavy atom. The van der Waals surface area contributed by atoms with Gasteiger partial charge in [0.2, 0.25) is 5.91 Å². The number of anilines is 2. The largest absolute Gasteiger partial charge is 0.324 e. The van der Waals surface area contributed by atoms with Gasteiger partial charge in [0.1, 0.15) is 12.4 Å². The van der Waals surface area contributed by atoms with Crippen LogP contribution in [-0.4, -0.2) is 41.4 Å². The van der Waals surface area contributed by atoms with E-state index in [1.54, 1.807) is 12.1 Å². The van der Waals surface area contributed by atoms with Crippen LogP contribution in [0.15, 0.2) is 52.8 Å². The Hall–Kier alpha value is -3.33. The van der Waals surface area contributed by atoms with Gasteiger partial charge in [0.15, 0.2) is 12.1 Å². The molecule has 0 radical (unpaired) electrons. The average Bonchev–Trinajstić information content (AvgIpc) is 3.24. The van der Waals surface area contributed by atoms with Crippen molar-refractivity contribution < 1.29 is 18.8 Å². The van der Waals surface area contributed by atoms with Gasteiger partial charge in [0, 0.05) is 5.69 Å². The molecule has 2 aliphatic rings. The summed E-state index contributed by atoms with van der Waals surface area (Å²) < 4.78 is 13.5. The van der Waals surface area contributed by atoms with Gasteiger partial charge in [-0.3, -0.25) is 19.4 Å². The predicted molar refractivity (Wildman–Crippen MR) is 112 cm³/mol. The summed E-state index contributed by atoms with van der Waals surface area (Å²) in [6, 6.07) is 8.91. The second kappa shape index (κ2) is 8.07. The number of fused-ring (bicyclic) bond motifs is 1. The number of nitrogens with one attached hydrogen (secondary N) is 1. The van der Waals surface area contributed by atoms with Crippen LogP contribution in [0.2, 0.25) is 5.02 Å². The first kappa shape index (κ1) is 20.9. The van der Waals surface area contributed by atoms with Crippen LogP contribution in [0.4, 0.5) is 15.8 Å². The van der Waals surface area contributed by atoms with Crippen molar-refractivity contribution in [3.05, 3.63) is 58.9 Å². The number of hydrogen-bond donors (Lipinski definition) is 1. The molecule has 1 fully saturated rings. The van der Waals surface area contributed by atoms with Crippen LogP contribution in [0.1, 0.15) is 25.3 Å². The third kappa shape index (κ3) is 3.88. The lowest BCUT2D eigenvalue weighted by Gasteiger charge is -2.20. The van der Waals surface area contributed by atoms with E-state index in [-0.39, 0.29) is 17.3 Å². The average molecular weight is 444 g/mol. The van der Waals surface area contributed by atoms with Crippen molar-refractivity contribution in [2.75, 3.05) is 16.8 Å². The van der Waals surface area contributed by atoms with Crippen molar-refractivity contribution >= 4 is 40.7 Å². The molecule has 0 saturated carbocycles. The summed E-state index contributed by atoms with van der Waals surface area (Å²) in [6.07, 6.45) is 0. The highest BCUT2D eigenvalue weighted by molar-refractivity contribution is 6.32. The third-order valence-electron chi connectivity index (χ3n) is 5.19. The number of benzene rings is 2. The van der Waals surface area contributed by atoms with Crippen molar-refractivity contribution in [2.45, 2.75) is 31.8 Å². The zero-order chi connectivity index (χ0) is 22.3. The summed E-state index contributed by atoms with van der Waals surface area (Å²) in [5, 5.41) is 11.4. The fourth-order valence-electron chi connectivity index (χ4n) is 3.53. The van der Waals surface area contributed by atoms with Gasteiger partial charge in [-0.25, -0.2) is 9.29 Å². The minimum atomic E-state index is -1.06. The molecule has 31 heavy (non-hydrogen) atoms. The number of imide groups is 1. The lowest BCUT2D eigenvalue weighted by Crippen LogP contribution is -2.43. The minimum absolute atomic E-state index is 0.139. The van der Waals surface area contributed by atoms with E-state index in [4.69, 9.17) is 11.6 Å². The van der Waals surface area contributed by atoms with E-state index in [1.165, 1.54) is 17.1 Å². The molecular weight excluding hydrogens is 425 g/mol. The summed E-state index contributed by atoms with van der Waals surface area (Å²) >= 11 is 5.78. The zero-order valence-electron chi connectivity index (χ0n) is 16.8. The Labute approximate surface area is 182 Å². The van der Waals surface area contributed by atoms with Crippen molar-refractivity contribution in [3.8, 4) is 0 Å². The van der Waals surface area contributed by atoms with E-state index < -0.39 is 35.6 Å². The van der Waals surface area contributed by atoms with E-state index in [0.717, 1.165) is 16.5 Å². The standard InChI is InChI=1S/C21H19ClFN5O3/c1-11(2)12-3-5-13(6-4-12)24-17(29)10-27-19-18(25-26-27)20(30)28(21(19)31)14-7-8-16(23)15(22)9-14/h3-9,11,18-19H,10H2,1-2H3,(H,24,29)/t18-,19+/m1/s1. The molecule has 10 heteroatoms. The SMILES string of the molecule is CC(C)c1ccc(NC(=O)CN2N=N[C@H]3C(=O)N(c4ccc(F)c(Cl)c4)C(=O)[C@H]32)cc1. The van der Waals surface area contributed by atoms with Crippen LogP contribution in [-0.2, 0) is 14.4 Å². The van der Waals surface area contributed by atoms with E-state index in [2.05, 4.69) is 29.5 Å². The van der Waals surface area contributed by atoms with Gasteiger partial charge in [-0.05, 0) is 41.8 Å². The van der Waals surface area contributed by atoms with Crippen LogP contribution < -0.4 is 10.2 Å². The third-order valence-corrected chi connectivity index (χ3v) is 5.48. The predicted octanol–water partition coefficient (Wildman–Crippen LogP) is 3.53. The molecule has 2 aromatic rings. The van der Waals surface area contributed by atoms with Crippen molar-refractivity contribution in [1.29, 1.82) is 0 Å².